The van der Waals surface area contributed by atoms with Gasteiger partial charge in [-0.25, -0.2) is 0 Å². The normalized spacial score (nSPS) is 23.5. The highest BCUT2D eigenvalue weighted by atomic mass is 16.6. The third-order valence-electron chi connectivity index (χ3n) is 4.49. The molecule has 0 aliphatic carbocycles. The van der Waals surface area contributed by atoms with Crippen LogP contribution in [0.4, 0.5) is 5.69 Å². The van der Waals surface area contributed by atoms with E-state index in [1.807, 2.05) is 0 Å². The summed E-state index contributed by atoms with van der Waals surface area (Å²) >= 11 is 0. The Labute approximate surface area is 139 Å². The smallest absolute Gasteiger partial charge is 0.249 e. The Hall–Kier alpha value is -2.83. The Morgan fingerprint density at radius 1 is 1.29 bits per heavy atom. The summed E-state index contributed by atoms with van der Waals surface area (Å²) in [4.78, 5) is 25.7. The fourth-order valence-corrected chi connectivity index (χ4v) is 3.33. The maximum absolute atomic E-state index is 12.9. The molecule has 1 aliphatic heterocycles. The van der Waals surface area contributed by atoms with Crippen molar-refractivity contribution in [3.8, 4) is 5.75 Å². The van der Waals surface area contributed by atoms with E-state index >= 15 is 0 Å². The van der Waals surface area contributed by atoms with Gasteiger partial charge in [0.15, 0.2) is 0 Å². The zero-order valence-corrected chi connectivity index (χ0v) is 13.4. The van der Waals surface area contributed by atoms with Crippen LogP contribution < -0.4 is 9.64 Å². The standard InChI is InChI=1S/C17H18N2O5/c1-3-14-16(19(21)22)15(11-8-9-24-10-11)18(17(14)20)12-4-6-13(23-2)7-5-12/h4-10,14-16H,3H2,1-2H3/t14-,15+,16-/m0/s1. The molecule has 2 heterocycles. The van der Waals surface area contributed by atoms with Gasteiger partial charge in [-0.15, -0.1) is 0 Å². The van der Waals surface area contributed by atoms with E-state index in [1.165, 1.54) is 17.4 Å². The van der Waals surface area contributed by atoms with Crippen molar-refractivity contribution in [3.63, 3.8) is 0 Å². The fraction of sp³-hybridized carbons (Fsp3) is 0.353. The van der Waals surface area contributed by atoms with Gasteiger partial charge in [-0.1, -0.05) is 6.92 Å². The molecule has 24 heavy (non-hydrogen) atoms. The number of ether oxygens (including phenoxy) is 1. The number of nitro groups is 1. The lowest BCUT2D eigenvalue weighted by Crippen LogP contribution is -2.33. The molecule has 1 aromatic heterocycles. The SMILES string of the molecule is CC[C@@H]1C(=O)N(c2ccc(OC)cc2)[C@H](c2ccoc2)[C@H]1[N+](=O)[O-]. The highest BCUT2D eigenvalue weighted by molar-refractivity contribution is 5.99. The van der Waals surface area contributed by atoms with Crippen LogP contribution in [-0.2, 0) is 4.79 Å². The average molecular weight is 330 g/mol. The Morgan fingerprint density at radius 3 is 2.50 bits per heavy atom. The van der Waals surface area contributed by atoms with Gasteiger partial charge in [-0.2, -0.15) is 0 Å². The molecule has 1 saturated heterocycles. The summed E-state index contributed by atoms with van der Waals surface area (Å²) in [7, 11) is 1.56. The Kier molecular flexibility index (Phi) is 4.24. The molecule has 1 aliphatic rings. The topological polar surface area (TPSA) is 85.8 Å². The lowest BCUT2D eigenvalue weighted by molar-refractivity contribution is -0.530. The van der Waals surface area contributed by atoms with Crippen molar-refractivity contribution < 1.29 is 18.9 Å². The third kappa shape index (κ3) is 2.51. The number of benzene rings is 1. The van der Waals surface area contributed by atoms with Crippen LogP contribution in [0.15, 0.2) is 47.3 Å². The van der Waals surface area contributed by atoms with Crippen LogP contribution in [0.1, 0.15) is 24.9 Å². The van der Waals surface area contributed by atoms with Gasteiger partial charge in [0.1, 0.15) is 17.7 Å². The van der Waals surface area contributed by atoms with E-state index in [-0.39, 0.29) is 10.8 Å². The largest absolute Gasteiger partial charge is 0.497 e. The molecule has 1 amide bonds. The van der Waals surface area contributed by atoms with Crippen molar-refractivity contribution >= 4 is 11.6 Å². The van der Waals surface area contributed by atoms with Crippen molar-refractivity contribution in [1.29, 1.82) is 0 Å². The van der Waals surface area contributed by atoms with E-state index in [0.29, 0.717) is 23.4 Å². The van der Waals surface area contributed by atoms with Crippen molar-refractivity contribution in [1.82, 2.24) is 0 Å². The first-order valence-electron chi connectivity index (χ1n) is 7.71. The summed E-state index contributed by atoms with van der Waals surface area (Å²) in [5, 5.41) is 11.7. The van der Waals surface area contributed by atoms with Crippen molar-refractivity contribution in [2.45, 2.75) is 25.4 Å². The number of carbonyl (C=O) groups excluding carboxylic acids is 1. The summed E-state index contributed by atoms with van der Waals surface area (Å²) < 4.78 is 10.2. The van der Waals surface area contributed by atoms with Crippen LogP contribution in [0, 0.1) is 16.0 Å². The van der Waals surface area contributed by atoms with Gasteiger partial charge >= 0.3 is 0 Å². The van der Waals surface area contributed by atoms with Crippen LogP contribution in [-0.4, -0.2) is 24.0 Å². The van der Waals surface area contributed by atoms with Gasteiger partial charge in [0, 0.05) is 16.2 Å². The minimum atomic E-state index is -1.01. The summed E-state index contributed by atoms with van der Waals surface area (Å²) in [6, 6.07) is 6.90. The first-order chi connectivity index (χ1) is 11.6. The molecule has 7 nitrogen and oxygen atoms in total. The zero-order valence-electron chi connectivity index (χ0n) is 13.4. The van der Waals surface area contributed by atoms with Crippen LogP contribution in [0.5, 0.6) is 5.75 Å². The van der Waals surface area contributed by atoms with Crippen LogP contribution in [0.2, 0.25) is 0 Å². The minimum Gasteiger partial charge on any atom is -0.497 e. The van der Waals surface area contributed by atoms with Gasteiger partial charge < -0.3 is 9.15 Å². The quantitative estimate of drug-likeness (QED) is 0.621. The fourth-order valence-electron chi connectivity index (χ4n) is 3.33. The molecule has 0 bridgehead atoms. The molecule has 3 rings (SSSR count). The van der Waals surface area contributed by atoms with Crippen molar-refractivity contribution in [2.75, 3.05) is 12.0 Å². The molecule has 7 heteroatoms. The number of nitrogens with zero attached hydrogens (tertiary/aromatic N) is 2. The lowest BCUT2D eigenvalue weighted by Gasteiger charge is -2.24. The van der Waals surface area contributed by atoms with Crippen LogP contribution >= 0.6 is 0 Å². The first-order valence-corrected chi connectivity index (χ1v) is 7.71. The zero-order chi connectivity index (χ0) is 17.3. The number of methoxy groups -OCH3 is 1. The van der Waals surface area contributed by atoms with Gasteiger partial charge in [0.2, 0.25) is 11.9 Å². The molecule has 126 valence electrons. The molecule has 0 spiro atoms. The van der Waals surface area contributed by atoms with E-state index in [1.54, 1.807) is 44.4 Å². The Balaban J connectivity index is 2.09. The van der Waals surface area contributed by atoms with Crippen molar-refractivity contribution in [2.24, 2.45) is 5.92 Å². The third-order valence-corrected chi connectivity index (χ3v) is 4.49. The number of amides is 1. The molecule has 0 unspecified atom stereocenters. The first kappa shape index (κ1) is 16.0. The van der Waals surface area contributed by atoms with Gasteiger partial charge in [-0.05, 0) is 36.8 Å². The molecule has 1 aromatic carbocycles. The van der Waals surface area contributed by atoms with E-state index < -0.39 is 18.0 Å². The minimum absolute atomic E-state index is 0.240. The summed E-state index contributed by atoms with van der Waals surface area (Å²) in [5.41, 5.74) is 1.23. The number of carbonyl (C=O) groups is 1. The average Bonchev–Trinajstić information content (AvgIpc) is 3.20. The van der Waals surface area contributed by atoms with Crippen LogP contribution in [0.3, 0.4) is 0 Å². The highest BCUT2D eigenvalue weighted by Crippen LogP contribution is 2.43. The summed E-state index contributed by atoms with van der Waals surface area (Å²) in [6.07, 6.45) is 3.33. The summed E-state index contributed by atoms with van der Waals surface area (Å²) in [5.74, 6) is -0.249. The predicted molar refractivity (Wildman–Crippen MR) is 86.5 cm³/mol. The lowest BCUT2D eigenvalue weighted by atomic mass is 9.93. The van der Waals surface area contributed by atoms with E-state index in [4.69, 9.17) is 9.15 Å². The maximum Gasteiger partial charge on any atom is 0.249 e. The second-order valence-electron chi connectivity index (χ2n) is 5.70. The molecule has 0 N–H and O–H groups in total. The van der Waals surface area contributed by atoms with Crippen LogP contribution in [0.25, 0.3) is 0 Å². The molecular weight excluding hydrogens is 312 g/mol. The van der Waals surface area contributed by atoms with Gasteiger partial charge in [-0.3, -0.25) is 19.8 Å². The maximum atomic E-state index is 12.9. The number of rotatable bonds is 5. The second kappa shape index (κ2) is 6.35. The van der Waals surface area contributed by atoms with Crippen molar-refractivity contribution in [3.05, 3.63) is 58.5 Å². The number of furan rings is 1. The summed E-state index contributed by atoms with van der Waals surface area (Å²) in [6.45, 7) is 1.79. The number of hydrogen-bond donors (Lipinski definition) is 0. The Morgan fingerprint density at radius 2 is 2.00 bits per heavy atom. The Bertz CT molecular complexity index is 726. The highest BCUT2D eigenvalue weighted by Gasteiger charge is 2.55. The van der Waals surface area contributed by atoms with Gasteiger partial charge in [0.25, 0.3) is 0 Å². The number of hydrogen-bond acceptors (Lipinski definition) is 5. The van der Waals surface area contributed by atoms with E-state index in [2.05, 4.69) is 0 Å². The molecule has 0 radical (unpaired) electrons. The monoisotopic (exact) mass is 330 g/mol. The molecule has 0 saturated carbocycles. The predicted octanol–water partition coefficient (Wildman–Crippen LogP) is 3.05. The van der Waals surface area contributed by atoms with Gasteiger partial charge in [0.05, 0.1) is 19.6 Å². The second-order valence-corrected chi connectivity index (χ2v) is 5.70. The van der Waals surface area contributed by atoms with E-state index in [0.717, 1.165) is 0 Å². The van der Waals surface area contributed by atoms with E-state index in [9.17, 15) is 14.9 Å². The molecule has 3 atom stereocenters. The molecule has 1 fully saturated rings. The molecular formula is C17H18N2O5. The number of anilines is 1. The molecule has 2 aromatic rings.